The molecule has 8 nitrogen and oxygen atoms in total. The SMILES string of the molecule is C[C@@H](O)[C@H](NC(=O)N1CCOC(C#N)C1)C(=O)O. The van der Waals surface area contributed by atoms with Gasteiger partial charge >= 0.3 is 12.0 Å². The first-order chi connectivity index (χ1) is 8.45. The smallest absolute Gasteiger partial charge is 0.328 e. The normalized spacial score (nSPS) is 22.7. The minimum Gasteiger partial charge on any atom is -0.480 e. The summed E-state index contributed by atoms with van der Waals surface area (Å²) in [7, 11) is 0. The first-order valence-electron chi connectivity index (χ1n) is 5.43. The zero-order chi connectivity index (χ0) is 13.7. The number of ether oxygens (including phenoxy) is 1. The highest BCUT2D eigenvalue weighted by Crippen LogP contribution is 2.05. The highest BCUT2D eigenvalue weighted by atomic mass is 16.5. The molecule has 0 bridgehead atoms. The lowest BCUT2D eigenvalue weighted by Crippen LogP contribution is -2.55. The molecule has 0 radical (unpaired) electrons. The number of aliphatic hydroxyl groups excluding tert-OH is 1. The second-order valence-electron chi connectivity index (χ2n) is 3.94. The third-order valence-corrected chi connectivity index (χ3v) is 2.53. The number of nitrogens with one attached hydrogen (secondary N) is 1. The Morgan fingerprint density at radius 2 is 2.28 bits per heavy atom. The van der Waals surface area contributed by atoms with Gasteiger partial charge in [-0.3, -0.25) is 0 Å². The molecule has 0 aromatic rings. The average Bonchev–Trinajstić information content (AvgIpc) is 2.34. The summed E-state index contributed by atoms with van der Waals surface area (Å²) in [5.41, 5.74) is 0. The van der Waals surface area contributed by atoms with Crippen LogP contribution in [0.4, 0.5) is 4.79 Å². The third-order valence-electron chi connectivity index (χ3n) is 2.53. The molecule has 3 atom stereocenters. The number of amides is 2. The van der Waals surface area contributed by atoms with Crippen LogP contribution < -0.4 is 5.32 Å². The number of carboxylic acid groups (broad SMARTS) is 1. The van der Waals surface area contributed by atoms with Crippen LogP contribution in [0.3, 0.4) is 0 Å². The maximum Gasteiger partial charge on any atom is 0.328 e. The second-order valence-corrected chi connectivity index (χ2v) is 3.94. The van der Waals surface area contributed by atoms with Crippen molar-refractivity contribution < 1.29 is 24.5 Å². The topological polar surface area (TPSA) is 123 Å². The number of hydrogen-bond donors (Lipinski definition) is 3. The third kappa shape index (κ3) is 3.58. The summed E-state index contributed by atoms with van der Waals surface area (Å²) in [6.07, 6.45) is -1.92. The molecule has 0 saturated carbocycles. The lowest BCUT2D eigenvalue weighted by molar-refractivity contribution is -0.141. The van der Waals surface area contributed by atoms with Gasteiger partial charge in [0.25, 0.3) is 0 Å². The van der Waals surface area contributed by atoms with Gasteiger partial charge in [-0.05, 0) is 6.92 Å². The molecule has 1 fully saturated rings. The number of hydrogen-bond acceptors (Lipinski definition) is 5. The number of nitrogens with zero attached hydrogens (tertiary/aromatic N) is 2. The van der Waals surface area contributed by atoms with Gasteiger partial charge in [-0.2, -0.15) is 5.26 Å². The van der Waals surface area contributed by atoms with E-state index in [1.807, 2.05) is 6.07 Å². The van der Waals surface area contributed by atoms with Crippen molar-refractivity contribution in [2.24, 2.45) is 0 Å². The number of morpholine rings is 1. The van der Waals surface area contributed by atoms with Crippen LogP contribution in [0.1, 0.15) is 6.92 Å². The van der Waals surface area contributed by atoms with Crippen molar-refractivity contribution in [2.45, 2.75) is 25.2 Å². The van der Waals surface area contributed by atoms with Gasteiger partial charge in [-0.1, -0.05) is 0 Å². The van der Waals surface area contributed by atoms with Crippen molar-refractivity contribution in [1.29, 1.82) is 5.26 Å². The molecule has 1 heterocycles. The molecule has 1 saturated heterocycles. The largest absolute Gasteiger partial charge is 0.480 e. The van der Waals surface area contributed by atoms with Gasteiger partial charge in [0.05, 0.1) is 25.3 Å². The fraction of sp³-hybridized carbons (Fsp3) is 0.700. The van der Waals surface area contributed by atoms with E-state index in [9.17, 15) is 14.7 Å². The number of carbonyl (C=O) groups is 2. The summed E-state index contributed by atoms with van der Waals surface area (Å²) >= 11 is 0. The van der Waals surface area contributed by atoms with E-state index < -0.39 is 30.3 Å². The zero-order valence-corrected chi connectivity index (χ0v) is 9.87. The van der Waals surface area contributed by atoms with E-state index in [0.717, 1.165) is 0 Å². The van der Waals surface area contributed by atoms with Gasteiger partial charge in [0.1, 0.15) is 0 Å². The molecule has 0 aromatic carbocycles. The number of carbonyl (C=O) groups excluding carboxylic acids is 1. The number of aliphatic carboxylic acids is 1. The molecule has 8 heteroatoms. The number of nitriles is 1. The summed E-state index contributed by atoms with van der Waals surface area (Å²) < 4.78 is 5.06. The Hall–Kier alpha value is -1.85. The summed E-state index contributed by atoms with van der Waals surface area (Å²) in [5, 5.41) is 28.9. The van der Waals surface area contributed by atoms with E-state index >= 15 is 0 Å². The lowest BCUT2D eigenvalue weighted by Gasteiger charge is -2.31. The maximum atomic E-state index is 11.8. The molecule has 0 aliphatic carbocycles. The predicted octanol–water partition coefficient (Wildman–Crippen LogP) is -1.25. The van der Waals surface area contributed by atoms with Crippen LogP contribution in [-0.2, 0) is 9.53 Å². The Morgan fingerprint density at radius 1 is 1.61 bits per heavy atom. The molecule has 1 unspecified atom stereocenters. The van der Waals surface area contributed by atoms with Gasteiger partial charge in [-0.25, -0.2) is 9.59 Å². The van der Waals surface area contributed by atoms with Crippen LogP contribution in [0.25, 0.3) is 0 Å². The first kappa shape index (κ1) is 14.2. The average molecular weight is 257 g/mol. The number of carboxylic acids is 1. The Bertz CT molecular complexity index is 365. The molecule has 1 aliphatic heterocycles. The van der Waals surface area contributed by atoms with Gasteiger partial charge in [0, 0.05) is 6.54 Å². The molecule has 0 spiro atoms. The Balaban J connectivity index is 2.59. The van der Waals surface area contributed by atoms with Crippen molar-refractivity contribution in [2.75, 3.05) is 19.7 Å². The first-order valence-corrected chi connectivity index (χ1v) is 5.43. The van der Waals surface area contributed by atoms with Gasteiger partial charge in [-0.15, -0.1) is 0 Å². The molecule has 2 amide bonds. The van der Waals surface area contributed by atoms with Crippen LogP contribution in [0, 0.1) is 11.3 Å². The summed E-state index contributed by atoms with van der Waals surface area (Å²) in [6.45, 7) is 1.85. The van der Waals surface area contributed by atoms with E-state index in [-0.39, 0.29) is 19.7 Å². The molecular weight excluding hydrogens is 242 g/mol. The van der Waals surface area contributed by atoms with Crippen molar-refractivity contribution in [3.8, 4) is 6.07 Å². The van der Waals surface area contributed by atoms with Crippen LogP contribution in [0.15, 0.2) is 0 Å². The van der Waals surface area contributed by atoms with Gasteiger partial charge < -0.3 is 25.2 Å². The Morgan fingerprint density at radius 3 is 2.78 bits per heavy atom. The van der Waals surface area contributed by atoms with Gasteiger partial charge in [0.2, 0.25) is 0 Å². The van der Waals surface area contributed by atoms with Crippen LogP contribution in [0.2, 0.25) is 0 Å². The summed E-state index contributed by atoms with van der Waals surface area (Å²) in [5.74, 6) is -1.32. The van der Waals surface area contributed by atoms with Crippen LogP contribution >= 0.6 is 0 Å². The quantitative estimate of drug-likeness (QED) is 0.580. The standard InChI is InChI=1S/C10H15N3O5/c1-6(14)8(9(15)16)12-10(17)13-2-3-18-7(4-11)5-13/h6-8,14H,2-3,5H2,1H3,(H,12,17)(H,15,16)/t6-,7?,8+/m1/s1. The maximum absolute atomic E-state index is 11.8. The van der Waals surface area contributed by atoms with Crippen LogP contribution in [0.5, 0.6) is 0 Å². The minimum atomic E-state index is -1.37. The van der Waals surface area contributed by atoms with E-state index in [0.29, 0.717) is 0 Å². The fourth-order valence-electron chi connectivity index (χ4n) is 1.52. The number of urea groups is 1. The highest BCUT2D eigenvalue weighted by Gasteiger charge is 2.29. The number of aliphatic hydroxyl groups is 1. The monoisotopic (exact) mass is 257 g/mol. The molecular formula is C10H15N3O5. The Labute approximate surface area is 104 Å². The zero-order valence-electron chi connectivity index (χ0n) is 9.87. The highest BCUT2D eigenvalue weighted by molar-refractivity contribution is 5.83. The van der Waals surface area contributed by atoms with E-state index in [4.69, 9.17) is 15.1 Å². The van der Waals surface area contributed by atoms with Crippen molar-refractivity contribution in [1.82, 2.24) is 10.2 Å². The summed E-state index contributed by atoms with van der Waals surface area (Å²) in [4.78, 5) is 23.9. The van der Waals surface area contributed by atoms with E-state index in [2.05, 4.69) is 5.32 Å². The predicted molar refractivity (Wildman–Crippen MR) is 58.6 cm³/mol. The molecule has 3 N–H and O–H groups in total. The molecule has 100 valence electrons. The minimum absolute atomic E-state index is 0.0779. The van der Waals surface area contributed by atoms with Crippen molar-refractivity contribution >= 4 is 12.0 Å². The van der Waals surface area contributed by atoms with Crippen LogP contribution in [-0.4, -0.2) is 65.1 Å². The van der Waals surface area contributed by atoms with Crippen molar-refractivity contribution in [3.63, 3.8) is 0 Å². The van der Waals surface area contributed by atoms with Crippen molar-refractivity contribution in [3.05, 3.63) is 0 Å². The Kier molecular flexibility index (Phi) is 4.88. The second kappa shape index (κ2) is 6.18. The fourth-order valence-corrected chi connectivity index (χ4v) is 1.52. The van der Waals surface area contributed by atoms with E-state index in [1.165, 1.54) is 11.8 Å². The lowest BCUT2D eigenvalue weighted by atomic mass is 10.2. The number of rotatable bonds is 3. The molecule has 1 aliphatic rings. The molecule has 18 heavy (non-hydrogen) atoms. The molecule has 1 rings (SSSR count). The molecule has 0 aromatic heterocycles. The summed E-state index contributed by atoms with van der Waals surface area (Å²) in [6, 6.07) is -0.129. The van der Waals surface area contributed by atoms with Gasteiger partial charge in [0.15, 0.2) is 12.1 Å². The van der Waals surface area contributed by atoms with E-state index in [1.54, 1.807) is 0 Å².